The minimum atomic E-state index is -0.328. The first-order valence-corrected chi connectivity index (χ1v) is 6.32. The van der Waals surface area contributed by atoms with Crippen LogP contribution in [0.2, 0.25) is 0 Å². The maximum Gasteiger partial charge on any atom is 0.0948 e. The maximum atomic E-state index is 6.09. The van der Waals surface area contributed by atoms with Crippen molar-refractivity contribution in [2.75, 3.05) is 0 Å². The van der Waals surface area contributed by atoms with Crippen molar-refractivity contribution < 1.29 is 0 Å². The minimum absolute atomic E-state index is 0.328. The van der Waals surface area contributed by atoms with Crippen LogP contribution >= 0.6 is 11.3 Å². The van der Waals surface area contributed by atoms with Crippen LogP contribution in [0.5, 0.6) is 0 Å². The zero-order valence-corrected chi connectivity index (χ0v) is 10.5. The molecule has 2 aromatic rings. The van der Waals surface area contributed by atoms with Crippen LogP contribution in [0.1, 0.15) is 25.1 Å². The summed E-state index contributed by atoms with van der Waals surface area (Å²) in [4.78, 5) is 4.17. The van der Waals surface area contributed by atoms with E-state index in [2.05, 4.69) is 26.4 Å². The van der Waals surface area contributed by atoms with Crippen LogP contribution in [0.25, 0.3) is 0 Å². The lowest BCUT2D eigenvalue weighted by Gasteiger charge is -2.20. The van der Waals surface area contributed by atoms with Gasteiger partial charge in [-0.05, 0) is 42.7 Å². The van der Waals surface area contributed by atoms with Gasteiger partial charge in [-0.3, -0.25) is 0 Å². The van der Waals surface area contributed by atoms with Gasteiger partial charge in [0.2, 0.25) is 0 Å². The van der Waals surface area contributed by atoms with Crippen molar-refractivity contribution in [2.24, 2.45) is 5.73 Å². The summed E-state index contributed by atoms with van der Waals surface area (Å²) in [6.07, 6.45) is 4.74. The van der Waals surface area contributed by atoms with E-state index in [0.29, 0.717) is 0 Å². The molecule has 2 rings (SSSR count). The van der Waals surface area contributed by atoms with Crippen LogP contribution in [0, 0.1) is 0 Å². The highest BCUT2D eigenvalue weighted by Gasteiger charge is 2.18. The molecule has 0 unspecified atom stereocenters. The molecule has 0 bridgehead atoms. The lowest BCUT2D eigenvalue weighted by atomic mass is 10.0. The Morgan fingerprint density at radius 3 is 2.94 bits per heavy atom. The molecule has 0 aromatic carbocycles. The number of hydrogen-bond donors (Lipinski definition) is 1. The molecule has 0 spiro atoms. The zero-order chi connectivity index (χ0) is 11.6. The molecule has 2 heterocycles. The predicted molar refractivity (Wildman–Crippen MR) is 67.5 cm³/mol. The molecule has 0 atom stereocenters. The van der Waals surface area contributed by atoms with E-state index in [9.17, 15) is 0 Å². The first-order chi connectivity index (χ1) is 7.57. The summed E-state index contributed by atoms with van der Waals surface area (Å²) in [7, 11) is 0. The number of imidazole rings is 1. The van der Waals surface area contributed by atoms with Crippen molar-refractivity contribution in [1.82, 2.24) is 9.55 Å². The Labute approximate surface area is 99.9 Å². The van der Waals surface area contributed by atoms with E-state index < -0.39 is 0 Å². The van der Waals surface area contributed by atoms with Gasteiger partial charge in [0, 0.05) is 12.7 Å². The van der Waals surface area contributed by atoms with E-state index in [1.807, 2.05) is 26.4 Å². The van der Waals surface area contributed by atoms with Gasteiger partial charge in [0.25, 0.3) is 0 Å². The van der Waals surface area contributed by atoms with Gasteiger partial charge in [0.1, 0.15) is 0 Å². The van der Waals surface area contributed by atoms with Crippen molar-refractivity contribution in [3.63, 3.8) is 0 Å². The fraction of sp³-hybridized carbons (Fsp3) is 0.417. The van der Waals surface area contributed by atoms with Crippen LogP contribution in [0.15, 0.2) is 29.4 Å². The van der Waals surface area contributed by atoms with E-state index in [4.69, 9.17) is 5.73 Å². The van der Waals surface area contributed by atoms with Gasteiger partial charge in [-0.2, -0.15) is 11.3 Å². The van der Waals surface area contributed by atoms with Gasteiger partial charge in [0.05, 0.1) is 17.6 Å². The number of nitrogens with two attached hydrogens (primary N) is 1. The molecule has 0 aliphatic rings. The topological polar surface area (TPSA) is 43.8 Å². The molecule has 0 radical (unpaired) electrons. The van der Waals surface area contributed by atoms with Crippen molar-refractivity contribution >= 4 is 11.3 Å². The number of aryl methyl sites for hydroxylation is 2. The molecule has 0 saturated heterocycles. The molecule has 4 heteroatoms. The second kappa shape index (κ2) is 4.39. The molecular formula is C12H17N3S. The van der Waals surface area contributed by atoms with Crippen molar-refractivity contribution in [3.8, 4) is 0 Å². The number of hydrogen-bond acceptors (Lipinski definition) is 3. The smallest absolute Gasteiger partial charge is 0.0948 e. The van der Waals surface area contributed by atoms with Gasteiger partial charge >= 0.3 is 0 Å². The number of nitrogens with zero attached hydrogens (tertiary/aromatic N) is 2. The second-order valence-electron chi connectivity index (χ2n) is 4.58. The summed E-state index contributed by atoms with van der Waals surface area (Å²) < 4.78 is 2.14. The molecule has 2 N–H and O–H groups in total. The highest BCUT2D eigenvalue weighted by Crippen LogP contribution is 2.17. The molecule has 0 aliphatic heterocycles. The lowest BCUT2D eigenvalue weighted by molar-refractivity contribution is 0.492. The van der Waals surface area contributed by atoms with Crippen LogP contribution in [0.4, 0.5) is 0 Å². The third-order valence-electron chi connectivity index (χ3n) is 2.59. The first-order valence-electron chi connectivity index (χ1n) is 5.38. The molecule has 0 amide bonds. The number of rotatable bonds is 4. The van der Waals surface area contributed by atoms with Gasteiger partial charge in [-0.15, -0.1) is 0 Å². The van der Waals surface area contributed by atoms with E-state index in [1.165, 1.54) is 5.56 Å². The van der Waals surface area contributed by atoms with Crippen molar-refractivity contribution in [1.29, 1.82) is 0 Å². The van der Waals surface area contributed by atoms with Gasteiger partial charge in [-0.25, -0.2) is 4.98 Å². The fourth-order valence-electron chi connectivity index (χ4n) is 1.72. The van der Waals surface area contributed by atoms with Crippen molar-refractivity contribution in [2.45, 2.75) is 32.4 Å². The molecule has 86 valence electrons. The van der Waals surface area contributed by atoms with E-state index in [1.54, 1.807) is 11.3 Å². The average Bonchev–Trinajstić information content (AvgIpc) is 2.85. The Morgan fingerprint density at radius 2 is 2.31 bits per heavy atom. The monoisotopic (exact) mass is 235 g/mol. The largest absolute Gasteiger partial charge is 0.333 e. The summed E-state index contributed by atoms with van der Waals surface area (Å²) in [5.74, 6) is 0. The molecule has 0 aliphatic carbocycles. The van der Waals surface area contributed by atoms with E-state index in [0.717, 1.165) is 18.7 Å². The third kappa shape index (κ3) is 2.51. The van der Waals surface area contributed by atoms with Gasteiger partial charge < -0.3 is 10.3 Å². The summed E-state index contributed by atoms with van der Waals surface area (Å²) in [6.45, 7) is 4.95. The molecule has 16 heavy (non-hydrogen) atoms. The highest BCUT2D eigenvalue weighted by molar-refractivity contribution is 7.07. The normalized spacial score (nSPS) is 11.9. The molecule has 2 aromatic heterocycles. The van der Waals surface area contributed by atoms with Crippen LogP contribution in [-0.4, -0.2) is 9.55 Å². The molecule has 0 saturated carbocycles. The average molecular weight is 235 g/mol. The maximum absolute atomic E-state index is 6.09. The Kier molecular flexibility index (Phi) is 3.12. The van der Waals surface area contributed by atoms with E-state index >= 15 is 0 Å². The zero-order valence-electron chi connectivity index (χ0n) is 9.68. The minimum Gasteiger partial charge on any atom is -0.333 e. The number of thiophene rings is 1. The lowest BCUT2D eigenvalue weighted by Crippen LogP contribution is -2.31. The Hall–Kier alpha value is -1.13. The van der Waals surface area contributed by atoms with Gasteiger partial charge in [-0.1, -0.05) is 0 Å². The Morgan fingerprint density at radius 1 is 1.50 bits per heavy atom. The fourth-order valence-corrected chi connectivity index (χ4v) is 2.42. The summed E-state index contributed by atoms with van der Waals surface area (Å²) >= 11 is 1.74. The quantitative estimate of drug-likeness (QED) is 0.884. The molecular weight excluding hydrogens is 218 g/mol. The first kappa shape index (κ1) is 11.4. The second-order valence-corrected chi connectivity index (χ2v) is 5.36. The molecule has 3 nitrogen and oxygen atoms in total. The predicted octanol–water partition coefficient (Wildman–Crippen LogP) is 2.38. The summed E-state index contributed by atoms with van der Waals surface area (Å²) in [6, 6.07) is 2.16. The SMILES string of the molecule is CC(C)(N)c1cncn1CCc1ccsc1. The standard InChI is InChI=1S/C12H17N3S/c1-12(2,13)11-7-14-9-15(11)5-3-10-4-6-16-8-10/h4,6-9H,3,5,13H2,1-2H3. The van der Waals surface area contributed by atoms with E-state index in [-0.39, 0.29) is 5.54 Å². The van der Waals surface area contributed by atoms with Gasteiger partial charge in [0.15, 0.2) is 0 Å². The van der Waals surface area contributed by atoms with Crippen LogP contribution in [0.3, 0.4) is 0 Å². The summed E-state index contributed by atoms with van der Waals surface area (Å²) in [5.41, 5.74) is 8.22. The van der Waals surface area contributed by atoms with Crippen LogP contribution < -0.4 is 5.73 Å². The summed E-state index contributed by atoms with van der Waals surface area (Å²) in [5, 5.41) is 4.29. The Balaban J connectivity index is 2.08. The van der Waals surface area contributed by atoms with Crippen LogP contribution in [-0.2, 0) is 18.5 Å². The number of aromatic nitrogens is 2. The third-order valence-corrected chi connectivity index (χ3v) is 3.33. The molecule has 0 fully saturated rings. The Bertz CT molecular complexity index is 437. The highest BCUT2D eigenvalue weighted by atomic mass is 32.1. The van der Waals surface area contributed by atoms with Crippen molar-refractivity contribution in [3.05, 3.63) is 40.6 Å².